The first kappa shape index (κ1) is 9.44. The number of carbonyl (C=O) groups excluding carboxylic acids is 1. The van der Waals surface area contributed by atoms with Gasteiger partial charge >= 0.3 is 0 Å². The second kappa shape index (κ2) is 4.39. The van der Waals surface area contributed by atoms with Crippen LogP contribution in [-0.2, 0) is 11.2 Å². The fourth-order valence-corrected chi connectivity index (χ4v) is 0.798. The zero-order chi connectivity index (χ0) is 9.68. The minimum absolute atomic E-state index is 0.120. The number of rotatable bonds is 4. The van der Waals surface area contributed by atoms with Crippen molar-refractivity contribution in [3.63, 3.8) is 0 Å². The van der Waals surface area contributed by atoms with E-state index in [0.29, 0.717) is 18.3 Å². The monoisotopic (exact) mass is 181 g/mol. The fraction of sp³-hybridized carbons (Fsp3) is 0.375. The SMILES string of the molecule is C=CCNC(=O)Cc1nc(C)no1. The lowest BCUT2D eigenvalue weighted by Crippen LogP contribution is -2.25. The molecule has 0 aliphatic heterocycles. The number of aromatic nitrogens is 2. The van der Waals surface area contributed by atoms with Crippen LogP contribution in [0.1, 0.15) is 11.7 Å². The molecule has 0 atom stereocenters. The highest BCUT2D eigenvalue weighted by atomic mass is 16.5. The maximum Gasteiger partial charge on any atom is 0.236 e. The van der Waals surface area contributed by atoms with Crippen LogP contribution in [0, 0.1) is 6.92 Å². The average molecular weight is 181 g/mol. The van der Waals surface area contributed by atoms with Crippen molar-refractivity contribution < 1.29 is 9.32 Å². The Hall–Kier alpha value is -1.65. The first-order valence-corrected chi connectivity index (χ1v) is 3.89. The van der Waals surface area contributed by atoms with Crippen molar-refractivity contribution in [1.82, 2.24) is 15.5 Å². The van der Waals surface area contributed by atoms with Gasteiger partial charge in [0.25, 0.3) is 0 Å². The molecular weight excluding hydrogens is 170 g/mol. The van der Waals surface area contributed by atoms with Gasteiger partial charge in [0.1, 0.15) is 6.42 Å². The minimum Gasteiger partial charge on any atom is -0.352 e. The highest BCUT2D eigenvalue weighted by Gasteiger charge is 2.07. The number of nitrogens with zero attached hydrogens (tertiary/aromatic N) is 2. The molecule has 5 heteroatoms. The van der Waals surface area contributed by atoms with Gasteiger partial charge in [-0.25, -0.2) is 0 Å². The fourth-order valence-electron chi connectivity index (χ4n) is 0.798. The third-order valence-electron chi connectivity index (χ3n) is 1.32. The summed E-state index contributed by atoms with van der Waals surface area (Å²) in [7, 11) is 0. The Balaban J connectivity index is 2.40. The van der Waals surface area contributed by atoms with Gasteiger partial charge in [-0.2, -0.15) is 4.98 Å². The van der Waals surface area contributed by atoms with Crippen LogP contribution < -0.4 is 5.32 Å². The van der Waals surface area contributed by atoms with E-state index in [1.54, 1.807) is 13.0 Å². The van der Waals surface area contributed by atoms with Crippen LogP contribution in [0.15, 0.2) is 17.2 Å². The van der Waals surface area contributed by atoms with Crippen molar-refractivity contribution in [3.05, 3.63) is 24.4 Å². The highest BCUT2D eigenvalue weighted by Crippen LogP contribution is 1.96. The maximum atomic E-state index is 11.1. The Bertz CT molecular complexity index is 306. The number of amides is 1. The molecule has 1 aromatic rings. The molecule has 0 aromatic carbocycles. The third-order valence-corrected chi connectivity index (χ3v) is 1.32. The smallest absolute Gasteiger partial charge is 0.236 e. The number of aryl methyl sites for hydroxylation is 1. The van der Waals surface area contributed by atoms with Crippen LogP contribution in [0.2, 0.25) is 0 Å². The Labute approximate surface area is 75.8 Å². The second-order valence-electron chi connectivity index (χ2n) is 2.50. The first-order valence-electron chi connectivity index (χ1n) is 3.89. The molecule has 0 saturated carbocycles. The first-order chi connectivity index (χ1) is 6.22. The van der Waals surface area contributed by atoms with Crippen LogP contribution in [0.25, 0.3) is 0 Å². The summed E-state index contributed by atoms with van der Waals surface area (Å²) in [5, 5.41) is 6.17. The zero-order valence-electron chi connectivity index (χ0n) is 7.41. The van der Waals surface area contributed by atoms with Crippen molar-refractivity contribution in [3.8, 4) is 0 Å². The molecule has 0 bridgehead atoms. The van der Waals surface area contributed by atoms with E-state index in [2.05, 4.69) is 22.0 Å². The summed E-state index contributed by atoms with van der Waals surface area (Å²) in [5.41, 5.74) is 0. The normalized spacial score (nSPS) is 9.62. The van der Waals surface area contributed by atoms with E-state index in [9.17, 15) is 4.79 Å². The Morgan fingerprint density at radius 1 is 1.77 bits per heavy atom. The van der Waals surface area contributed by atoms with Gasteiger partial charge in [0.15, 0.2) is 5.82 Å². The van der Waals surface area contributed by atoms with E-state index in [1.807, 2.05) is 0 Å². The lowest BCUT2D eigenvalue weighted by Gasteiger charge is -1.96. The molecule has 1 heterocycles. The van der Waals surface area contributed by atoms with Crippen LogP contribution >= 0.6 is 0 Å². The molecule has 5 nitrogen and oxygen atoms in total. The van der Waals surface area contributed by atoms with E-state index in [4.69, 9.17) is 4.52 Å². The Kier molecular flexibility index (Phi) is 3.19. The van der Waals surface area contributed by atoms with Crippen LogP contribution in [0.4, 0.5) is 0 Å². The van der Waals surface area contributed by atoms with Gasteiger partial charge in [0.2, 0.25) is 11.8 Å². The van der Waals surface area contributed by atoms with Crippen LogP contribution in [0.3, 0.4) is 0 Å². The molecule has 13 heavy (non-hydrogen) atoms. The van der Waals surface area contributed by atoms with Gasteiger partial charge in [-0.15, -0.1) is 6.58 Å². The summed E-state index contributed by atoms with van der Waals surface area (Å²) >= 11 is 0. The molecule has 0 aliphatic rings. The number of hydrogen-bond acceptors (Lipinski definition) is 4. The van der Waals surface area contributed by atoms with Crippen molar-refractivity contribution >= 4 is 5.91 Å². The Morgan fingerprint density at radius 3 is 3.08 bits per heavy atom. The van der Waals surface area contributed by atoms with Crippen LogP contribution in [-0.4, -0.2) is 22.6 Å². The van der Waals surface area contributed by atoms with Crippen LogP contribution in [0.5, 0.6) is 0 Å². The standard InChI is InChI=1S/C8H11N3O2/c1-3-4-9-7(12)5-8-10-6(2)11-13-8/h3H,1,4-5H2,2H3,(H,9,12). The molecule has 1 rings (SSSR count). The predicted molar refractivity (Wildman–Crippen MR) is 45.9 cm³/mol. The van der Waals surface area contributed by atoms with Gasteiger partial charge in [0, 0.05) is 6.54 Å². The number of carbonyl (C=O) groups is 1. The van der Waals surface area contributed by atoms with Gasteiger partial charge in [-0.05, 0) is 6.92 Å². The van der Waals surface area contributed by atoms with Gasteiger partial charge in [-0.3, -0.25) is 4.79 Å². The molecule has 1 aromatic heterocycles. The minimum atomic E-state index is -0.149. The van der Waals surface area contributed by atoms with E-state index >= 15 is 0 Å². The average Bonchev–Trinajstić information content (AvgIpc) is 2.48. The van der Waals surface area contributed by atoms with Crippen molar-refractivity contribution in [2.45, 2.75) is 13.3 Å². The Morgan fingerprint density at radius 2 is 2.54 bits per heavy atom. The molecule has 0 fully saturated rings. The summed E-state index contributed by atoms with van der Waals surface area (Å²) in [6.45, 7) is 5.63. The second-order valence-corrected chi connectivity index (χ2v) is 2.50. The molecule has 70 valence electrons. The van der Waals surface area contributed by atoms with E-state index in [-0.39, 0.29) is 12.3 Å². The van der Waals surface area contributed by atoms with E-state index < -0.39 is 0 Å². The molecule has 0 unspecified atom stereocenters. The molecular formula is C8H11N3O2. The third kappa shape index (κ3) is 3.06. The summed E-state index contributed by atoms with van der Waals surface area (Å²) in [4.78, 5) is 15.0. The molecule has 0 saturated heterocycles. The number of nitrogens with one attached hydrogen (secondary N) is 1. The van der Waals surface area contributed by atoms with Gasteiger partial charge < -0.3 is 9.84 Å². The summed E-state index contributed by atoms with van der Waals surface area (Å²) < 4.78 is 4.77. The lowest BCUT2D eigenvalue weighted by atomic mass is 10.4. The van der Waals surface area contributed by atoms with Gasteiger partial charge in [0.05, 0.1) is 0 Å². The van der Waals surface area contributed by atoms with E-state index in [1.165, 1.54) is 0 Å². The molecule has 0 aliphatic carbocycles. The lowest BCUT2D eigenvalue weighted by molar-refractivity contribution is -0.120. The largest absolute Gasteiger partial charge is 0.352 e. The van der Waals surface area contributed by atoms with Crippen molar-refractivity contribution in [1.29, 1.82) is 0 Å². The number of hydrogen-bond donors (Lipinski definition) is 1. The highest BCUT2D eigenvalue weighted by molar-refractivity contribution is 5.77. The van der Waals surface area contributed by atoms with Crippen molar-refractivity contribution in [2.75, 3.05) is 6.54 Å². The molecule has 0 spiro atoms. The van der Waals surface area contributed by atoms with Crippen molar-refractivity contribution in [2.24, 2.45) is 0 Å². The maximum absolute atomic E-state index is 11.1. The molecule has 1 N–H and O–H groups in total. The summed E-state index contributed by atoms with van der Waals surface area (Å²) in [6, 6.07) is 0. The topological polar surface area (TPSA) is 68.0 Å². The predicted octanol–water partition coefficient (Wildman–Crippen LogP) is 0.223. The van der Waals surface area contributed by atoms with E-state index in [0.717, 1.165) is 0 Å². The summed E-state index contributed by atoms with van der Waals surface area (Å²) in [5.74, 6) is 0.717. The summed E-state index contributed by atoms with van der Waals surface area (Å²) in [6.07, 6.45) is 1.73. The molecule has 1 amide bonds. The zero-order valence-corrected chi connectivity index (χ0v) is 7.41. The molecule has 0 radical (unpaired) electrons. The quantitative estimate of drug-likeness (QED) is 0.675. The van der Waals surface area contributed by atoms with Gasteiger partial charge in [-0.1, -0.05) is 11.2 Å².